The van der Waals surface area contributed by atoms with Gasteiger partial charge in [-0.1, -0.05) is 18.2 Å². The number of nitrogens with two attached hydrogens (primary N) is 1. The fourth-order valence-electron chi connectivity index (χ4n) is 2.55. The molecule has 5 N–H and O–H groups in total. The van der Waals surface area contributed by atoms with E-state index in [2.05, 4.69) is 37.6 Å². The number of fused-ring (bicyclic) bond motifs is 1. The van der Waals surface area contributed by atoms with E-state index >= 15 is 0 Å². The van der Waals surface area contributed by atoms with Crippen molar-refractivity contribution in [2.75, 3.05) is 12.3 Å². The highest BCUT2D eigenvalue weighted by Gasteiger charge is 2.56. The predicted molar refractivity (Wildman–Crippen MR) is 88.2 cm³/mol. The van der Waals surface area contributed by atoms with E-state index in [-0.39, 0.29) is 17.0 Å². The molecule has 5 atom stereocenters. The third-order valence-electron chi connectivity index (χ3n) is 3.76. The quantitative estimate of drug-likeness (QED) is 0.251. The molecule has 134 valence electrons. The molecular weight excluding hydrogens is 373 g/mol. The molecule has 1 aliphatic rings. The van der Waals surface area contributed by atoms with Crippen molar-refractivity contribution in [3.8, 4) is 12.3 Å². The second-order valence-electron chi connectivity index (χ2n) is 5.31. The van der Waals surface area contributed by atoms with Gasteiger partial charge >= 0.3 is 6.80 Å². The summed E-state index contributed by atoms with van der Waals surface area (Å²) in [5.41, 5.74) is 4.03. The molecule has 3 rings (SSSR count). The van der Waals surface area contributed by atoms with Crippen LogP contribution < -0.4 is 5.73 Å². The largest absolute Gasteiger partial charge is 0.386 e. The number of thiol groups is 1. The van der Waals surface area contributed by atoms with Gasteiger partial charge in [-0.3, -0.25) is 9.09 Å². The minimum absolute atomic E-state index is 0.114. The molecule has 0 aliphatic carbocycles. The number of aromatic nitrogens is 4. The van der Waals surface area contributed by atoms with Crippen LogP contribution in [-0.2, 0) is 13.8 Å². The van der Waals surface area contributed by atoms with Crippen molar-refractivity contribution in [2.24, 2.45) is 0 Å². The van der Waals surface area contributed by atoms with Crippen LogP contribution >= 0.6 is 19.0 Å². The number of nitrogens with zero attached hydrogens (tertiary/aromatic N) is 4. The van der Waals surface area contributed by atoms with Crippen molar-refractivity contribution in [1.29, 1.82) is 0 Å². The van der Waals surface area contributed by atoms with Gasteiger partial charge < -0.3 is 25.6 Å². The van der Waals surface area contributed by atoms with Gasteiger partial charge in [0.25, 0.3) is 0 Å². The fraction of sp³-hybridized carbons (Fsp3) is 0.417. The van der Waals surface area contributed by atoms with Crippen molar-refractivity contribution in [1.82, 2.24) is 19.5 Å². The maximum Gasteiger partial charge on any atom is 0.383 e. The summed E-state index contributed by atoms with van der Waals surface area (Å²) in [5, 5.41) is 21.0. The highest BCUT2D eigenvalue weighted by molar-refractivity contribution is 8.44. The zero-order valence-corrected chi connectivity index (χ0v) is 14.3. The number of terminal acetylenes is 1. The van der Waals surface area contributed by atoms with Crippen LogP contribution in [0.4, 0.5) is 5.82 Å². The Morgan fingerprint density at radius 2 is 2.28 bits per heavy atom. The van der Waals surface area contributed by atoms with Gasteiger partial charge in [-0.15, -0.1) is 6.42 Å². The van der Waals surface area contributed by atoms with Crippen molar-refractivity contribution < 1.29 is 28.9 Å². The Morgan fingerprint density at radius 1 is 1.56 bits per heavy atom. The first-order chi connectivity index (χ1) is 11.7. The van der Waals surface area contributed by atoms with Crippen LogP contribution in [0.5, 0.6) is 0 Å². The van der Waals surface area contributed by atoms with Gasteiger partial charge in [0.05, 0.1) is 12.9 Å². The normalized spacial score (nSPS) is 31.7. The lowest BCUT2D eigenvalue weighted by Gasteiger charge is -2.26. The molecule has 1 fully saturated rings. The minimum Gasteiger partial charge on any atom is -0.386 e. The molecule has 0 saturated carbocycles. The SMILES string of the molecule is C#C[C@@]1(O)[C@H](O)[C@@H](COP(=O)(O)S)O[C@H]1n1cnc2c(N)ncnc21. The molecule has 1 aliphatic heterocycles. The Morgan fingerprint density at radius 3 is 2.92 bits per heavy atom. The second kappa shape index (κ2) is 6.22. The van der Waals surface area contributed by atoms with E-state index in [0.717, 1.165) is 0 Å². The molecule has 0 radical (unpaired) electrons. The van der Waals surface area contributed by atoms with Crippen LogP contribution in [0, 0.1) is 12.3 Å². The summed E-state index contributed by atoms with van der Waals surface area (Å²) in [5.74, 6) is 2.20. The number of aliphatic hydroxyl groups is 2. The predicted octanol–water partition coefficient (Wildman–Crippen LogP) is -0.922. The molecule has 1 unspecified atom stereocenters. The molecule has 0 aromatic carbocycles. The number of hydrogen-bond acceptors (Lipinski definition) is 9. The molecule has 0 bridgehead atoms. The molecule has 2 aromatic rings. The summed E-state index contributed by atoms with van der Waals surface area (Å²) in [6.45, 7) is -4.63. The molecule has 0 spiro atoms. The van der Waals surface area contributed by atoms with E-state index in [9.17, 15) is 14.8 Å². The van der Waals surface area contributed by atoms with Crippen LogP contribution in [0.15, 0.2) is 12.7 Å². The van der Waals surface area contributed by atoms with Crippen LogP contribution in [0.2, 0.25) is 0 Å². The molecule has 2 aromatic heterocycles. The van der Waals surface area contributed by atoms with Gasteiger partial charge in [-0.05, 0) is 0 Å². The Labute approximate surface area is 146 Å². The summed E-state index contributed by atoms with van der Waals surface area (Å²) >= 11 is 3.37. The van der Waals surface area contributed by atoms with Gasteiger partial charge in [0, 0.05) is 0 Å². The molecule has 3 heterocycles. The van der Waals surface area contributed by atoms with E-state index in [0.29, 0.717) is 0 Å². The average molecular weight is 387 g/mol. The van der Waals surface area contributed by atoms with Crippen LogP contribution in [0.1, 0.15) is 6.23 Å². The molecule has 0 amide bonds. The highest BCUT2D eigenvalue weighted by Crippen LogP contribution is 2.48. The van der Waals surface area contributed by atoms with Crippen LogP contribution in [-0.4, -0.2) is 59.0 Å². The second-order valence-corrected chi connectivity index (χ2v) is 8.07. The first-order valence-electron chi connectivity index (χ1n) is 6.84. The highest BCUT2D eigenvalue weighted by atomic mass is 32.7. The number of imidazole rings is 1. The first-order valence-corrected chi connectivity index (χ1v) is 9.57. The third kappa shape index (κ3) is 3.11. The summed E-state index contributed by atoms with van der Waals surface area (Å²) in [7, 11) is 0. The Bertz CT molecular complexity index is 896. The van der Waals surface area contributed by atoms with E-state index in [1.54, 1.807) is 0 Å². The van der Waals surface area contributed by atoms with Gasteiger partial charge in [-0.25, -0.2) is 19.5 Å². The van der Waals surface area contributed by atoms with E-state index in [4.69, 9.17) is 21.8 Å². The number of ether oxygens (including phenoxy) is 1. The zero-order chi connectivity index (χ0) is 18.4. The zero-order valence-electron chi connectivity index (χ0n) is 12.5. The summed E-state index contributed by atoms with van der Waals surface area (Å²) < 4.78 is 22.6. The maximum absolute atomic E-state index is 11.1. The number of aliphatic hydroxyl groups excluding tert-OH is 1. The van der Waals surface area contributed by atoms with Crippen molar-refractivity contribution in [3.05, 3.63) is 12.7 Å². The van der Waals surface area contributed by atoms with E-state index in [1.165, 1.54) is 17.2 Å². The van der Waals surface area contributed by atoms with Crippen LogP contribution in [0.3, 0.4) is 0 Å². The Kier molecular flexibility index (Phi) is 4.50. The lowest BCUT2D eigenvalue weighted by Crippen LogP contribution is -2.45. The molecule has 25 heavy (non-hydrogen) atoms. The minimum atomic E-state index is -4.11. The van der Waals surface area contributed by atoms with E-state index < -0.39 is 37.4 Å². The van der Waals surface area contributed by atoms with Gasteiger partial charge in [0.15, 0.2) is 23.3 Å². The average Bonchev–Trinajstić information content (AvgIpc) is 3.07. The molecule has 1 saturated heterocycles. The van der Waals surface area contributed by atoms with Crippen molar-refractivity contribution >= 4 is 36.0 Å². The smallest absolute Gasteiger partial charge is 0.383 e. The summed E-state index contributed by atoms with van der Waals surface area (Å²) in [6.07, 6.45) is 3.74. The third-order valence-corrected chi connectivity index (χ3v) is 4.59. The van der Waals surface area contributed by atoms with E-state index in [1.807, 2.05) is 0 Å². The lowest BCUT2D eigenvalue weighted by molar-refractivity contribution is -0.0711. The lowest BCUT2D eigenvalue weighted by atomic mass is 9.95. The number of hydrogen-bond donors (Lipinski definition) is 5. The van der Waals surface area contributed by atoms with Crippen molar-refractivity contribution in [3.63, 3.8) is 0 Å². The fourth-order valence-corrected chi connectivity index (χ4v) is 3.09. The molecular formula is C12H14N5O6PS. The van der Waals surface area contributed by atoms with Gasteiger partial charge in [0.2, 0.25) is 0 Å². The Hall–Kier alpha value is -1.71. The first kappa shape index (κ1) is 18.1. The van der Waals surface area contributed by atoms with Crippen molar-refractivity contribution in [2.45, 2.75) is 24.0 Å². The number of rotatable bonds is 4. The maximum atomic E-state index is 11.1. The molecule has 11 nitrogen and oxygen atoms in total. The number of anilines is 1. The monoisotopic (exact) mass is 387 g/mol. The standard InChI is InChI=1S/C12H14N5O6PS/c1-2-12(19)8(18)6(3-22-24(20,21)25)23-11(12)17-5-16-7-9(13)14-4-15-10(7)17/h1,4-6,8,11,18-19H,3H2,(H2,13,14,15)(H2,20,21,25)/t6-,8-,11-,12-/m1/s1. The van der Waals surface area contributed by atoms with Gasteiger partial charge in [-0.2, -0.15) is 0 Å². The summed E-state index contributed by atoms with van der Waals surface area (Å²) in [4.78, 5) is 20.9. The summed E-state index contributed by atoms with van der Waals surface area (Å²) in [6, 6.07) is 0. The number of nitrogen functional groups attached to an aromatic ring is 1. The Balaban J connectivity index is 1.98. The molecule has 13 heteroatoms. The van der Waals surface area contributed by atoms with Gasteiger partial charge in [0.1, 0.15) is 24.1 Å². The topological polar surface area (TPSA) is 166 Å². The van der Waals surface area contributed by atoms with Crippen LogP contribution in [0.25, 0.3) is 11.2 Å².